The largest absolute Gasteiger partial charge is 0.250 e. The zero-order chi connectivity index (χ0) is 13.9. The molecule has 19 heavy (non-hydrogen) atoms. The molecule has 8 heteroatoms. The van der Waals surface area contributed by atoms with Gasteiger partial charge in [0.1, 0.15) is 0 Å². The normalized spacial score (nSPS) is 18.5. The fraction of sp³-hybridized carbons (Fsp3) is 0.727. The van der Waals surface area contributed by atoms with Gasteiger partial charge in [0.05, 0.1) is 10.8 Å². The summed E-state index contributed by atoms with van der Waals surface area (Å²) in [4.78, 5) is 4.03. The van der Waals surface area contributed by atoms with Gasteiger partial charge in [-0.3, -0.25) is 0 Å². The van der Waals surface area contributed by atoms with Crippen molar-refractivity contribution in [1.29, 1.82) is 0 Å². The standard InChI is InChI=1S/C11H16F2N2O2S2/c12-10(13)11(3-1-4-11)8-19(16,17)15-5-2-9-14-6-7-18-9/h6-7,10,15H,1-5,8H2. The second kappa shape index (κ2) is 5.80. The average Bonchev–Trinajstić information content (AvgIpc) is 2.76. The minimum atomic E-state index is -3.65. The molecule has 0 unspecified atom stereocenters. The number of rotatable bonds is 7. The predicted octanol–water partition coefficient (Wildman–Crippen LogP) is 2.04. The van der Waals surface area contributed by atoms with Gasteiger partial charge in [0, 0.05) is 30.0 Å². The van der Waals surface area contributed by atoms with Crippen LogP contribution in [0, 0.1) is 5.41 Å². The molecule has 1 aliphatic rings. The van der Waals surface area contributed by atoms with Crippen LogP contribution in [0.4, 0.5) is 8.78 Å². The third-order valence-electron chi connectivity index (χ3n) is 3.43. The van der Waals surface area contributed by atoms with Gasteiger partial charge in [-0.2, -0.15) is 0 Å². The molecule has 0 bridgehead atoms. The fourth-order valence-corrected chi connectivity index (χ4v) is 4.48. The Labute approximate surface area is 115 Å². The van der Waals surface area contributed by atoms with Gasteiger partial charge in [-0.1, -0.05) is 6.42 Å². The van der Waals surface area contributed by atoms with Crippen LogP contribution in [-0.2, 0) is 16.4 Å². The summed E-state index contributed by atoms with van der Waals surface area (Å²) in [7, 11) is -3.65. The summed E-state index contributed by atoms with van der Waals surface area (Å²) in [5.74, 6) is -0.477. The van der Waals surface area contributed by atoms with Crippen LogP contribution in [0.15, 0.2) is 11.6 Å². The highest BCUT2D eigenvalue weighted by molar-refractivity contribution is 7.89. The number of hydrogen-bond acceptors (Lipinski definition) is 4. The van der Waals surface area contributed by atoms with Crippen molar-refractivity contribution in [3.63, 3.8) is 0 Å². The molecule has 2 rings (SSSR count). The lowest BCUT2D eigenvalue weighted by Gasteiger charge is -2.40. The second-order valence-corrected chi connectivity index (χ2v) is 7.63. The second-order valence-electron chi connectivity index (χ2n) is 4.85. The molecule has 1 heterocycles. The molecule has 0 saturated heterocycles. The highest BCUT2D eigenvalue weighted by Gasteiger charge is 2.48. The van der Waals surface area contributed by atoms with Crippen LogP contribution in [0.5, 0.6) is 0 Å². The van der Waals surface area contributed by atoms with E-state index in [1.807, 2.05) is 5.38 Å². The summed E-state index contributed by atoms with van der Waals surface area (Å²) < 4.78 is 51.8. The van der Waals surface area contributed by atoms with E-state index in [1.165, 1.54) is 11.3 Å². The van der Waals surface area contributed by atoms with E-state index in [0.717, 1.165) is 5.01 Å². The molecule has 1 saturated carbocycles. The van der Waals surface area contributed by atoms with E-state index >= 15 is 0 Å². The van der Waals surface area contributed by atoms with Gasteiger partial charge >= 0.3 is 0 Å². The molecular weight excluding hydrogens is 294 g/mol. The van der Waals surface area contributed by atoms with Gasteiger partial charge < -0.3 is 0 Å². The van der Waals surface area contributed by atoms with Gasteiger partial charge in [0.25, 0.3) is 0 Å². The minimum absolute atomic E-state index is 0.204. The molecule has 0 aliphatic heterocycles. The zero-order valence-corrected chi connectivity index (χ0v) is 11.9. The number of halogens is 2. The first-order valence-electron chi connectivity index (χ1n) is 6.07. The van der Waals surface area contributed by atoms with Crippen LogP contribution < -0.4 is 4.72 Å². The monoisotopic (exact) mass is 310 g/mol. The van der Waals surface area contributed by atoms with Gasteiger partial charge in [-0.15, -0.1) is 11.3 Å². The summed E-state index contributed by atoms with van der Waals surface area (Å²) >= 11 is 1.44. The van der Waals surface area contributed by atoms with Crippen LogP contribution in [0.3, 0.4) is 0 Å². The van der Waals surface area contributed by atoms with E-state index in [-0.39, 0.29) is 19.4 Å². The smallest absolute Gasteiger partial charge is 0.245 e. The van der Waals surface area contributed by atoms with Crippen molar-refractivity contribution in [2.24, 2.45) is 5.41 Å². The molecule has 1 N–H and O–H groups in total. The van der Waals surface area contributed by atoms with Gasteiger partial charge in [-0.25, -0.2) is 26.9 Å². The number of nitrogens with one attached hydrogen (secondary N) is 1. The molecule has 0 radical (unpaired) electrons. The molecule has 1 aromatic heterocycles. The molecule has 0 atom stereocenters. The molecule has 1 aromatic rings. The van der Waals surface area contributed by atoms with Crippen LogP contribution in [0.25, 0.3) is 0 Å². The van der Waals surface area contributed by atoms with Crippen LogP contribution in [0.2, 0.25) is 0 Å². The minimum Gasteiger partial charge on any atom is -0.250 e. The lowest BCUT2D eigenvalue weighted by atomic mass is 9.70. The summed E-state index contributed by atoms with van der Waals surface area (Å²) in [5, 5.41) is 2.64. The van der Waals surface area contributed by atoms with Crippen LogP contribution in [-0.4, -0.2) is 32.1 Å². The van der Waals surface area contributed by atoms with Crippen LogP contribution in [0.1, 0.15) is 24.3 Å². The first-order valence-corrected chi connectivity index (χ1v) is 8.61. The van der Waals surface area contributed by atoms with Crippen molar-refractivity contribution in [2.45, 2.75) is 32.1 Å². The maximum atomic E-state index is 12.9. The third-order valence-corrected chi connectivity index (χ3v) is 5.87. The van der Waals surface area contributed by atoms with Crippen molar-refractivity contribution < 1.29 is 17.2 Å². The van der Waals surface area contributed by atoms with E-state index in [9.17, 15) is 17.2 Å². The van der Waals surface area contributed by atoms with E-state index < -0.39 is 27.6 Å². The fourth-order valence-electron chi connectivity index (χ4n) is 2.18. The molecule has 4 nitrogen and oxygen atoms in total. The van der Waals surface area contributed by atoms with Crippen molar-refractivity contribution >= 4 is 21.4 Å². The molecule has 108 valence electrons. The highest BCUT2D eigenvalue weighted by Crippen LogP contribution is 2.46. The SMILES string of the molecule is O=S(=O)(CC1(C(F)F)CCC1)NCCc1nccs1. The number of hydrogen-bond donors (Lipinski definition) is 1. The Hall–Kier alpha value is -0.600. The van der Waals surface area contributed by atoms with Crippen molar-refractivity contribution in [2.75, 3.05) is 12.3 Å². The number of sulfonamides is 1. The number of alkyl halides is 2. The highest BCUT2D eigenvalue weighted by atomic mass is 32.2. The third kappa shape index (κ3) is 3.70. The molecule has 0 amide bonds. The number of aromatic nitrogens is 1. The maximum Gasteiger partial charge on any atom is 0.245 e. The Kier molecular flexibility index (Phi) is 4.52. The predicted molar refractivity (Wildman–Crippen MR) is 69.9 cm³/mol. The molecule has 1 fully saturated rings. The Bertz CT molecular complexity index is 499. The Morgan fingerprint density at radius 3 is 2.68 bits per heavy atom. The Balaban J connectivity index is 1.85. The summed E-state index contributed by atoms with van der Waals surface area (Å²) in [6, 6.07) is 0. The summed E-state index contributed by atoms with van der Waals surface area (Å²) in [5.41, 5.74) is -1.33. The van der Waals surface area contributed by atoms with E-state index in [1.54, 1.807) is 6.20 Å². The van der Waals surface area contributed by atoms with E-state index in [0.29, 0.717) is 12.8 Å². The molecule has 0 aromatic carbocycles. The van der Waals surface area contributed by atoms with Gasteiger partial charge in [-0.05, 0) is 12.8 Å². The van der Waals surface area contributed by atoms with E-state index in [2.05, 4.69) is 9.71 Å². The lowest BCUT2D eigenvalue weighted by molar-refractivity contribution is -0.0434. The summed E-state index contributed by atoms with van der Waals surface area (Å²) in [6.07, 6.45) is 0.819. The zero-order valence-electron chi connectivity index (χ0n) is 10.3. The molecular formula is C11H16F2N2O2S2. The molecule has 0 spiro atoms. The maximum absolute atomic E-state index is 12.9. The van der Waals surface area contributed by atoms with Crippen molar-refractivity contribution in [3.05, 3.63) is 16.6 Å². The Morgan fingerprint density at radius 1 is 1.47 bits per heavy atom. The van der Waals surface area contributed by atoms with Gasteiger partial charge in [0.2, 0.25) is 16.4 Å². The first-order chi connectivity index (χ1) is 8.94. The quantitative estimate of drug-likeness (QED) is 0.838. The van der Waals surface area contributed by atoms with Gasteiger partial charge in [0.15, 0.2) is 0 Å². The number of thiazole rings is 1. The first kappa shape index (κ1) is 14.8. The van der Waals surface area contributed by atoms with Crippen LogP contribution >= 0.6 is 11.3 Å². The lowest BCUT2D eigenvalue weighted by Crippen LogP contribution is -2.46. The summed E-state index contributed by atoms with van der Waals surface area (Å²) in [6.45, 7) is 0.204. The van der Waals surface area contributed by atoms with Crippen molar-refractivity contribution in [1.82, 2.24) is 9.71 Å². The number of nitrogens with zero attached hydrogens (tertiary/aromatic N) is 1. The molecule has 1 aliphatic carbocycles. The van der Waals surface area contributed by atoms with E-state index in [4.69, 9.17) is 0 Å². The average molecular weight is 310 g/mol. The Morgan fingerprint density at radius 2 is 2.21 bits per heavy atom. The topological polar surface area (TPSA) is 59.1 Å². The van der Waals surface area contributed by atoms with Crippen molar-refractivity contribution in [3.8, 4) is 0 Å².